The van der Waals surface area contributed by atoms with Crippen LogP contribution in [0.2, 0.25) is 15.1 Å². The second-order valence-electron chi connectivity index (χ2n) is 18.7. The Morgan fingerprint density at radius 3 is 1.50 bits per heavy atom. The molecule has 1 aromatic heterocycles. The van der Waals surface area contributed by atoms with Crippen LogP contribution < -0.4 is 31.9 Å². The number of rotatable bonds is 11. The summed E-state index contributed by atoms with van der Waals surface area (Å²) in [6, 6.07) is 20.2. The molecule has 0 radical (unpaired) electrons. The number of ether oxygens (including phenoxy) is 2. The monoisotopic (exact) mass is 1910 g/mol. The van der Waals surface area contributed by atoms with Crippen LogP contribution in [0.15, 0.2) is 82.7 Å². The number of H-pyrrole nitrogens is 1. The molecule has 0 spiro atoms. The van der Waals surface area contributed by atoms with Crippen LogP contribution in [0.25, 0.3) is 17.1 Å². The summed E-state index contributed by atoms with van der Waals surface area (Å²) < 4.78 is 10.1. The Labute approximate surface area is 593 Å². The standard InChI is InChI=1S/C19H21ClN2O3.C18H18ClN3O2.C12H14O3.C7H9ClN2O.C2H6O.CH4.2CH2.5HI.2V/c1-10-8-15(13(4)12(3)11(10)2)18(19(23)24)22-21-16-9-14(20)6-7-17(16)25-5;1-9-7-14(12(4)11(3)10(9)2)17-20-18(24)22(21-17)15-8-13(19)5-6-16(15)23;1-6-5-10(11(13)12(14)15)9(4)8(3)7(6)2;1-11-7-3-2-5(8)4-6(7)10-9;1-2-3;;;;;;;;;;/h6-9,21H,1-5H3,(H,23,24);5-8,23H,1-4H3,(H,20,21,24);5H,1-4H3,(H,14,15);2-4,10H,9H2,1H3;3H,2H2,1H3;1H4;2*1H2;5*1H;;/q;;;;;;;;;;;;;+2;+3/p-5/b22-18-;;;;;;;;;;;;;;. The van der Waals surface area contributed by atoms with Gasteiger partial charge in [0.2, 0.25) is 0 Å². The number of phenolic OH excluding ortho intramolecular Hbond substituents is 1. The molecular formula is C61H76Cl3I5N7O10V2. The second kappa shape index (κ2) is 40.8. The second-order valence-corrected chi connectivity index (χ2v) is 83.1. The first-order chi connectivity index (χ1) is 40.3. The first-order valence-corrected chi connectivity index (χ1v) is 51.2. The van der Waals surface area contributed by atoms with E-state index in [1.54, 1.807) is 69.5 Å². The quantitative estimate of drug-likeness (QED) is 0.0150. The Balaban J connectivity index is 0.00000111. The first kappa shape index (κ1) is 84.9. The molecule has 481 valence electrons. The van der Waals surface area contributed by atoms with Crippen molar-refractivity contribution in [1.29, 1.82) is 0 Å². The van der Waals surface area contributed by atoms with Crippen molar-refractivity contribution in [3.05, 3.63) is 176 Å². The number of phenols is 1. The maximum absolute atomic E-state index is 12.3. The molecule has 0 aliphatic carbocycles. The van der Waals surface area contributed by atoms with Gasteiger partial charge in [-0.25, -0.2) is 14.4 Å². The van der Waals surface area contributed by atoms with Crippen molar-refractivity contribution in [3.8, 4) is 34.3 Å². The Bertz CT molecular complexity index is 3740. The normalized spacial score (nSPS) is 10.3. The number of aromatic nitrogens is 3. The van der Waals surface area contributed by atoms with Crippen molar-refractivity contribution in [2.24, 2.45) is 10.9 Å². The van der Waals surface area contributed by atoms with Crippen LogP contribution in [-0.4, -0.2) is 89.9 Å². The third kappa shape index (κ3) is 27.2. The number of carbonyl (C=O) groups is 3. The number of Topliss-reactive ketones (excluding diaryl/α,β-unsaturated/α-hetero) is 1. The molecule has 88 heavy (non-hydrogen) atoms. The average Bonchev–Trinajstić information content (AvgIpc) is 1.99. The summed E-state index contributed by atoms with van der Waals surface area (Å²) in [6.07, 6.45) is 0. The van der Waals surface area contributed by atoms with Crippen LogP contribution in [0.5, 0.6) is 17.2 Å². The van der Waals surface area contributed by atoms with Crippen molar-refractivity contribution in [2.75, 3.05) is 31.7 Å². The number of aliphatic hydroxyl groups is 1. The molecule has 0 saturated carbocycles. The Hall–Kier alpha value is -3.11. The minimum absolute atomic E-state index is 0. The molecule has 6 aromatic carbocycles. The number of nitrogens with zero attached hydrogens (tertiary/aromatic N) is 3. The summed E-state index contributed by atoms with van der Waals surface area (Å²) in [5.74, 6) is 3.45. The van der Waals surface area contributed by atoms with E-state index in [0.29, 0.717) is 54.9 Å². The molecule has 0 unspecified atom stereocenters. The van der Waals surface area contributed by atoms with Gasteiger partial charge in [-0.05, 0) is 230 Å². The van der Waals surface area contributed by atoms with Gasteiger partial charge in [0.25, 0.3) is 5.78 Å². The topological polar surface area (TPSA) is 264 Å². The zero-order valence-corrected chi connectivity index (χ0v) is 66.5. The third-order valence-electron chi connectivity index (χ3n) is 13.1. The number of hydrazine groups is 1. The van der Waals surface area contributed by atoms with Crippen molar-refractivity contribution >= 4 is 180 Å². The number of nitrogens with two attached hydrogens (primary N) is 1. The number of benzene rings is 6. The molecule has 17 nitrogen and oxygen atoms in total. The van der Waals surface area contributed by atoms with Crippen LogP contribution in [0, 0.1) is 83.1 Å². The molecule has 0 atom stereocenters. The predicted octanol–water partition coefficient (Wildman–Crippen LogP) is 17.1. The minimum atomic E-state index is -1.40. The first-order valence-electron chi connectivity index (χ1n) is 25.6. The number of nitrogen functional groups attached to an aromatic ring is 1. The predicted molar refractivity (Wildman–Crippen MR) is 403 cm³/mol. The SMILES string of the molecule is C.CCO.COc1ccc(Cl)cc1N/N=C(\C(=O)O)c1cc(C)c(C)c(C)c1C.COc1ccc(Cl)cc1NN.Cc1cc(-c2nn(-c3cc(Cl)ccc3O)c(=O)[nH]2)c(C)c(C)c1C.Cc1cc(C(=O)C(=O)O)c(C)c(C)c1C.[CH2]=[V]([I])([I])[I].[CH2]=[V]([I])[I]. The van der Waals surface area contributed by atoms with Gasteiger partial charge in [-0.3, -0.25) is 21.0 Å². The van der Waals surface area contributed by atoms with Crippen LogP contribution in [0.4, 0.5) is 11.4 Å². The molecule has 27 heteroatoms. The molecular weight excluding hydrogens is 1830 g/mol. The number of aryl methyl sites for hydroxylation is 3. The number of ketones is 1. The van der Waals surface area contributed by atoms with Gasteiger partial charge >= 0.3 is 139 Å². The fraction of sp³-hybridized carbons (Fsp3) is 0.279. The number of hydrogen-bond donors (Lipinski definition) is 8. The van der Waals surface area contributed by atoms with E-state index < -0.39 is 34.6 Å². The van der Waals surface area contributed by atoms with Crippen molar-refractivity contribution in [3.63, 3.8) is 0 Å². The summed E-state index contributed by atoms with van der Waals surface area (Å²) in [6.45, 7) is 25.5. The number of carbonyl (C=O) groups excluding carboxylic acids is 1. The van der Waals surface area contributed by atoms with E-state index in [-0.39, 0.29) is 31.2 Å². The van der Waals surface area contributed by atoms with E-state index in [0.717, 1.165) is 65.9 Å². The summed E-state index contributed by atoms with van der Waals surface area (Å²) in [5.41, 5.74) is 20.4. The van der Waals surface area contributed by atoms with Gasteiger partial charge in [0.05, 0.1) is 25.6 Å². The number of carboxylic acid groups (broad SMARTS) is 2. The number of aromatic amines is 1. The molecule has 0 fully saturated rings. The number of carboxylic acids is 2. The number of aromatic hydroxyl groups is 1. The van der Waals surface area contributed by atoms with E-state index >= 15 is 0 Å². The van der Waals surface area contributed by atoms with E-state index in [4.69, 9.17) is 60.3 Å². The molecule has 0 aliphatic heterocycles. The number of aliphatic hydroxyl groups excluding tert-OH is 1. The summed E-state index contributed by atoms with van der Waals surface area (Å²) in [7, 11) is 2.60. The zero-order valence-electron chi connectivity index (χ0n) is 50.6. The van der Waals surface area contributed by atoms with Crippen molar-refractivity contribution in [2.45, 2.75) is 97.4 Å². The number of anilines is 2. The molecule has 9 N–H and O–H groups in total. The van der Waals surface area contributed by atoms with Crippen LogP contribution in [0.3, 0.4) is 0 Å². The number of hydrazone groups is 1. The van der Waals surface area contributed by atoms with E-state index in [2.05, 4.69) is 150 Å². The molecule has 0 saturated heterocycles. The molecule has 0 amide bonds. The average molecular weight is 1910 g/mol. The number of nitrogens with one attached hydrogen (secondary N) is 3. The summed E-state index contributed by atoms with van der Waals surface area (Å²) in [5, 5.41) is 53.5. The third-order valence-corrected chi connectivity index (χ3v) is 13.9. The van der Waals surface area contributed by atoms with E-state index in [1.165, 1.54) is 30.4 Å². The van der Waals surface area contributed by atoms with Gasteiger partial charge in [-0.1, -0.05) is 42.2 Å². The molecule has 7 aromatic rings. The van der Waals surface area contributed by atoms with Crippen LogP contribution >= 0.6 is 135 Å². The molecule has 7 rings (SSSR count). The van der Waals surface area contributed by atoms with Crippen molar-refractivity contribution in [1.82, 2.24) is 14.8 Å². The van der Waals surface area contributed by atoms with Crippen LogP contribution in [0.1, 0.15) is 97.0 Å². The van der Waals surface area contributed by atoms with Crippen molar-refractivity contribution < 1.29 is 55.5 Å². The molecule has 0 aliphatic rings. The summed E-state index contributed by atoms with van der Waals surface area (Å²) in [4.78, 5) is 48.8. The Morgan fingerprint density at radius 1 is 0.682 bits per heavy atom. The van der Waals surface area contributed by atoms with E-state index in [9.17, 15) is 29.4 Å². The zero-order chi connectivity index (χ0) is 67.1. The van der Waals surface area contributed by atoms with E-state index in [1.807, 2.05) is 74.4 Å². The molecule has 1 heterocycles. The van der Waals surface area contributed by atoms with Gasteiger partial charge in [0.15, 0.2) is 11.5 Å². The van der Waals surface area contributed by atoms with Gasteiger partial charge in [0, 0.05) is 38.4 Å². The van der Waals surface area contributed by atoms with Gasteiger partial charge in [0.1, 0.15) is 22.9 Å². The fourth-order valence-corrected chi connectivity index (χ4v) is 8.16. The fourth-order valence-electron chi connectivity index (χ4n) is 7.65. The number of methoxy groups -OCH3 is 2. The van der Waals surface area contributed by atoms with Crippen LogP contribution in [-0.2, 0) is 20.8 Å². The maximum atomic E-state index is 12.3. The number of hydrogen-bond acceptors (Lipinski definition) is 13. The molecule has 0 bridgehead atoms. The van der Waals surface area contributed by atoms with Gasteiger partial charge < -0.3 is 35.3 Å². The Kier molecular flexibility index (Phi) is 39.3. The number of aliphatic carboxylic acids is 2. The van der Waals surface area contributed by atoms with Gasteiger partial charge in [-0.2, -0.15) is 9.78 Å². The van der Waals surface area contributed by atoms with Gasteiger partial charge in [-0.15, -0.1) is 5.10 Å². The summed E-state index contributed by atoms with van der Waals surface area (Å²) >= 11 is 29.6. The number of halogens is 8. The Morgan fingerprint density at radius 2 is 1.07 bits per heavy atom.